The van der Waals surface area contributed by atoms with Gasteiger partial charge >= 0.3 is 5.97 Å². The summed E-state index contributed by atoms with van der Waals surface area (Å²) in [7, 11) is 0. The lowest BCUT2D eigenvalue weighted by Gasteiger charge is -2.35. The molecule has 0 saturated carbocycles. The number of benzene rings is 1. The average molecular weight is 308 g/mol. The molecule has 1 amide bonds. The van der Waals surface area contributed by atoms with Crippen LogP contribution in [0.5, 0.6) is 0 Å². The maximum atomic E-state index is 12.6. The topological polar surface area (TPSA) is 110 Å². The number of nitro benzene ring substituents is 1. The van der Waals surface area contributed by atoms with E-state index in [1.807, 2.05) is 0 Å². The van der Waals surface area contributed by atoms with Gasteiger partial charge in [-0.1, -0.05) is 12.1 Å². The van der Waals surface area contributed by atoms with Crippen molar-refractivity contribution in [1.82, 2.24) is 4.90 Å². The molecule has 1 fully saturated rings. The maximum Gasteiger partial charge on any atom is 0.334 e. The van der Waals surface area contributed by atoms with Gasteiger partial charge in [0.2, 0.25) is 0 Å². The summed E-state index contributed by atoms with van der Waals surface area (Å²) in [6, 6.07) is 4.38. The van der Waals surface area contributed by atoms with Gasteiger partial charge in [0, 0.05) is 12.6 Å². The minimum atomic E-state index is -1.16. The van der Waals surface area contributed by atoms with Crippen molar-refractivity contribution in [3.63, 3.8) is 0 Å². The molecule has 0 aromatic heterocycles. The molecular formula is C14H16N2O6. The van der Waals surface area contributed by atoms with Crippen LogP contribution in [-0.2, 0) is 9.53 Å². The quantitative estimate of drug-likeness (QED) is 0.664. The fourth-order valence-electron chi connectivity index (χ4n) is 2.49. The van der Waals surface area contributed by atoms with Crippen LogP contribution in [0.1, 0.15) is 22.8 Å². The summed E-state index contributed by atoms with van der Waals surface area (Å²) < 4.78 is 5.24. The highest BCUT2D eigenvalue weighted by molar-refractivity contribution is 6.00. The number of carboxylic acid groups (broad SMARTS) is 1. The van der Waals surface area contributed by atoms with Crippen LogP contribution in [0.3, 0.4) is 0 Å². The number of nitro groups is 1. The lowest BCUT2D eigenvalue weighted by molar-refractivity contribution is -0.385. The van der Waals surface area contributed by atoms with E-state index in [0.29, 0.717) is 5.56 Å². The Labute approximate surface area is 126 Å². The third kappa shape index (κ3) is 3.06. The molecule has 118 valence electrons. The van der Waals surface area contributed by atoms with Gasteiger partial charge in [0.1, 0.15) is 5.56 Å². The van der Waals surface area contributed by atoms with Gasteiger partial charge in [0.15, 0.2) is 6.10 Å². The number of hydrogen-bond acceptors (Lipinski definition) is 5. The fraction of sp³-hybridized carbons (Fsp3) is 0.429. The Kier molecular flexibility index (Phi) is 4.41. The molecule has 1 N–H and O–H groups in total. The third-order valence-corrected chi connectivity index (χ3v) is 3.48. The molecule has 0 bridgehead atoms. The van der Waals surface area contributed by atoms with Crippen molar-refractivity contribution < 1.29 is 24.4 Å². The highest BCUT2D eigenvalue weighted by Crippen LogP contribution is 2.25. The summed E-state index contributed by atoms with van der Waals surface area (Å²) in [5.74, 6) is -1.71. The molecule has 1 aliphatic heterocycles. The molecule has 1 aliphatic rings. The Morgan fingerprint density at radius 1 is 1.41 bits per heavy atom. The molecular weight excluding hydrogens is 292 g/mol. The fourth-order valence-corrected chi connectivity index (χ4v) is 2.49. The zero-order valence-corrected chi connectivity index (χ0v) is 12.2. The van der Waals surface area contributed by atoms with Gasteiger partial charge in [0.25, 0.3) is 11.6 Å². The monoisotopic (exact) mass is 308 g/mol. The Bertz CT molecular complexity index is 630. The number of rotatable bonds is 3. The van der Waals surface area contributed by atoms with Crippen LogP contribution in [0.2, 0.25) is 0 Å². The minimum absolute atomic E-state index is 0.00858. The first-order valence-corrected chi connectivity index (χ1v) is 6.72. The second kappa shape index (κ2) is 6.10. The number of nitrogens with zero attached hydrogens (tertiary/aromatic N) is 2. The number of ether oxygens (including phenoxy) is 1. The number of aliphatic carboxylic acids is 1. The predicted molar refractivity (Wildman–Crippen MR) is 75.7 cm³/mol. The van der Waals surface area contributed by atoms with Crippen molar-refractivity contribution >= 4 is 17.6 Å². The first-order chi connectivity index (χ1) is 10.3. The smallest absolute Gasteiger partial charge is 0.334 e. The molecule has 1 unspecified atom stereocenters. The van der Waals surface area contributed by atoms with E-state index in [4.69, 9.17) is 9.84 Å². The van der Waals surface area contributed by atoms with E-state index < -0.39 is 29.0 Å². The number of carboxylic acids is 1. The van der Waals surface area contributed by atoms with E-state index in [9.17, 15) is 19.7 Å². The van der Waals surface area contributed by atoms with Crippen LogP contribution in [-0.4, -0.2) is 52.1 Å². The largest absolute Gasteiger partial charge is 0.479 e. The van der Waals surface area contributed by atoms with Crippen LogP contribution < -0.4 is 0 Å². The molecule has 1 heterocycles. The van der Waals surface area contributed by atoms with Gasteiger partial charge in [-0.2, -0.15) is 0 Å². The molecule has 22 heavy (non-hydrogen) atoms. The number of carbonyl (C=O) groups excluding carboxylic acids is 1. The zero-order chi connectivity index (χ0) is 16.4. The normalized spacial score (nSPS) is 21.5. The van der Waals surface area contributed by atoms with Crippen molar-refractivity contribution in [2.45, 2.75) is 26.1 Å². The van der Waals surface area contributed by atoms with E-state index in [1.165, 1.54) is 17.0 Å². The molecule has 2 rings (SSSR count). The van der Waals surface area contributed by atoms with Gasteiger partial charge in [-0.05, 0) is 19.4 Å². The molecule has 0 radical (unpaired) electrons. The molecule has 0 spiro atoms. The summed E-state index contributed by atoms with van der Waals surface area (Å²) in [6.45, 7) is 3.32. The lowest BCUT2D eigenvalue weighted by Crippen LogP contribution is -2.52. The Hall–Kier alpha value is -2.48. The molecule has 0 aliphatic carbocycles. The third-order valence-electron chi connectivity index (χ3n) is 3.48. The van der Waals surface area contributed by atoms with E-state index in [-0.39, 0.29) is 24.3 Å². The van der Waals surface area contributed by atoms with Gasteiger partial charge in [-0.25, -0.2) is 4.79 Å². The van der Waals surface area contributed by atoms with Crippen LogP contribution >= 0.6 is 0 Å². The number of carbonyl (C=O) groups is 2. The van der Waals surface area contributed by atoms with E-state index >= 15 is 0 Å². The Morgan fingerprint density at radius 2 is 2.09 bits per heavy atom. The molecule has 1 saturated heterocycles. The van der Waals surface area contributed by atoms with Gasteiger partial charge in [-0.3, -0.25) is 14.9 Å². The van der Waals surface area contributed by atoms with Gasteiger partial charge < -0.3 is 14.7 Å². The summed E-state index contributed by atoms with van der Waals surface area (Å²) in [4.78, 5) is 35.5. The van der Waals surface area contributed by atoms with Crippen molar-refractivity contribution in [3.05, 3.63) is 39.4 Å². The summed E-state index contributed by atoms with van der Waals surface area (Å²) >= 11 is 0. The van der Waals surface area contributed by atoms with Crippen LogP contribution in [0.15, 0.2) is 18.2 Å². The molecule has 2 atom stereocenters. The summed E-state index contributed by atoms with van der Waals surface area (Å²) in [5, 5.41) is 20.2. The highest BCUT2D eigenvalue weighted by atomic mass is 16.6. The number of morpholine rings is 1. The second-order valence-corrected chi connectivity index (χ2v) is 5.21. The number of hydrogen-bond donors (Lipinski definition) is 1. The molecule has 1 aromatic carbocycles. The van der Waals surface area contributed by atoms with Crippen LogP contribution in [0, 0.1) is 17.0 Å². The Morgan fingerprint density at radius 3 is 2.68 bits per heavy atom. The SMILES string of the molecule is Cc1cccc([N+](=O)[O-])c1C(=O)N1CC(C(=O)O)O[C@H](C)C1. The van der Waals surface area contributed by atoms with Crippen LogP contribution in [0.25, 0.3) is 0 Å². The van der Waals surface area contributed by atoms with Crippen molar-refractivity contribution in [1.29, 1.82) is 0 Å². The molecule has 8 nitrogen and oxygen atoms in total. The van der Waals surface area contributed by atoms with Gasteiger partial charge in [-0.15, -0.1) is 0 Å². The number of amides is 1. The maximum absolute atomic E-state index is 12.6. The zero-order valence-electron chi connectivity index (χ0n) is 12.2. The first kappa shape index (κ1) is 15.9. The van der Waals surface area contributed by atoms with E-state index in [2.05, 4.69) is 0 Å². The summed E-state index contributed by atoms with van der Waals surface area (Å²) in [6.07, 6.45) is -1.59. The Balaban J connectivity index is 2.35. The van der Waals surface area contributed by atoms with Crippen LogP contribution in [0.4, 0.5) is 5.69 Å². The lowest BCUT2D eigenvalue weighted by atomic mass is 10.0. The standard InChI is InChI=1S/C14H16N2O6/c1-8-4-3-5-10(16(20)21)12(8)13(17)15-6-9(2)22-11(7-15)14(18)19/h3-5,9,11H,6-7H2,1-2H3,(H,18,19)/t9-,11?/m1/s1. The van der Waals surface area contributed by atoms with E-state index in [1.54, 1.807) is 19.9 Å². The predicted octanol–water partition coefficient (Wildman–Crippen LogP) is 1.22. The van der Waals surface area contributed by atoms with Crippen molar-refractivity contribution in [2.24, 2.45) is 0 Å². The molecule has 8 heteroatoms. The van der Waals surface area contributed by atoms with E-state index in [0.717, 1.165) is 0 Å². The second-order valence-electron chi connectivity index (χ2n) is 5.21. The van der Waals surface area contributed by atoms with Crippen molar-refractivity contribution in [2.75, 3.05) is 13.1 Å². The average Bonchev–Trinajstić information content (AvgIpc) is 2.45. The van der Waals surface area contributed by atoms with Gasteiger partial charge in [0.05, 0.1) is 17.6 Å². The minimum Gasteiger partial charge on any atom is -0.479 e. The summed E-state index contributed by atoms with van der Waals surface area (Å²) in [5.41, 5.74) is 0.187. The highest BCUT2D eigenvalue weighted by Gasteiger charge is 2.35. The van der Waals surface area contributed by atoms with Crippen molar-refractivity contribution in [3.8, 4) is 0 Å². The number of aryl methyl sites for hydroxylation is 1. The molecule has 1 aromatic rings. The first-order valence-electron chi connectivity index (χ1n) is 6.72.